The first kappa shape index (κ1) is 20.7. The second-order valence-corrected chi connectivity index (χ2v) is 8.21. The molecule has 0 saturated heterocycles. The number of Topliss-reactive ketones (excluding diaryl/α,β-unsaturated/α-hetero) is 1. The first-order chi connectivity index (χ1) is 12.6. The van der Waals surface area contributed by atoms with Crippen LogP contribution in [0.25, 0.3) is 0 Å². The number of hydrogen-bond acceptors (Lipinski definition) is 3. The largest absolute Gasteiger partial charge is 0.485 e. The molecule has 0 atom stereocenters. The van der Waals surface area contributed by atoms with Gasteiger partial charge in [0, 0.05) is 17.7 Å². The van der Waals surface area contributed by atoms with E-state index in [4.69, 9.17) is 4.74 Å². The number of rotatable bonds is 7. The molecular formula is C23H29NO3. The second kappa shape index (κ2) is 8.85. The van der Waals surface area contributed by atoms with Crippen molar-refractivity contribution >= 4 is 17.4 Å². The van der Waals surface area contributed by atoms with Crippen LogP contribution in [0.5, 0.6) is 5.75 Å². The molecule has 144 valence electrons. The molecule has 0 aliphatic heterocycles. The van der Waals surface area contributed by atoms with E-state index in [1.807, 2.05) is 38.1 Å². The quantitative estimate of drug-likeness (QED) is 0.682. The predicted octanol–water partition coefficient (Wildman–Crippen LogP) is 5.23. The number of amides is 1. The molecule has 27 heavy (non-hydrogen) atoms. The van der Waals surface area contributed by atoms with Gasteiger partial charge >= 0.3 is 0 Å². The van der Waals surface area contributed by atoms with Gasteiger partial charge in [-0.1, -0.05) is 46.8 Å². The second-order valence-electron chi connectivity index (χ2n) is 8.21. The first-order valence-corrected chi connectivity index (χ1v) is 9.31. The molecule has 1 N–H and O–H groups in total. The number of benzene rings is 2. The molecule has 0 radical (unpaired) electrons. The van der Waals surface area contributed by atoms with Crippen molar-refractivity contribution in [3.63, 3.8) is 0 Å². The average Bonchev–Trinajstić information content (AvgIpc) is 2.59. The molecule has 0 bridgehead atoms. The minimum atomic E-state index is -0.102. The summed E-state index contributed by atoms with van der Waals surface area (Å²) in [5.74, 6) is 0.857. The Morgan fingerprint density at radius 2 is 1.56 bits per heavy atom. The van der Waals surface area contributed by atoms with Gasteiger partial charge in [-0.2, -0.15) is 0 Å². The maximum atomic E-state index is 12.3. The number of carbonyl (C=O) groups excluding carboxylic acids is 2. The maximum absolute atomic E-state index is 12.3. The zero-order valence-corrected chi connectivity index (χ0v) is 16.8. The number of anilines is 1. The summed E-state index contributed by atoms with van der Waals surface area (Å²) < 4.78 is 5.61. The van der Waals surface area contributed by atoms with Crippen LogP contribution in [0.2, 0.25) is 0 Å². The molecule has 0 aliphatic carbocycles. The number of carbonyl (C=O) groups is 2. The van der Waals surface area contributed by atoms with Gasteiger partial charge in [0.05, 0.1) is 0 Å². The Labute approximate surface area is 161 Å². The van der Waals surface area contributed by atoms with E-state index < -0.39 is 0 Å². The Morgan fingerprint density at radius 1 is 0.963 bits per heavy atom. The fourth-order valence-corrected chi connectivity index (χ4v) is 2.61. The molecule has 0 spiro atoms. The summed E-state index contributed by atoms with van der Waals surface area (Å²) in [6.07, 6.45) is 0.475. The number of hydrogen-bond donors (Lipinski definition) is 1. The summed E-state index contributed by atoms with van der Waals surface area (Å²) in [6, 6.07) is 14.7. The van der Waals surface area contributed by atoms with Crippen LogP contribution < -0.4 is 10.1 Å². The van der Waals surface area contributed by atoms with E-state index in [1.54, 1.807) is 24.3 Å². The number of nitrogens with one attached hydrogen (secondary N) is 1. The first-order valence-electron chi connectivity index (χ1n) is 9.31. The fourth-order valence-electron chi connectivity index (χ4n) is 2.61. The summed E-state index contributed by atoms with van der Waals surface area (Å²) in [5.41, 5.74) is 2.55. The van der Waals surface area contributed by atoms with E-state index in [0.717, 1.165) is 0 Å². The van der Waals surface area contributed by atoms with Crippen molar-refractivity contribution < 1.29 is 14.3 Å². The average molecular weight is 367 g/mol. The van der Waals surface area contributed by atoms with Gasteiger partial charge in [-0.15, -0.1) is 0 Å². The van der Waals surface area contributed by atoms with Crippen molar-refractivity contribution in [2.24, 2.45) is 5.92 Å². The van der Waals surface area contributed by atoms with E-state index in [0.29, 0.717) is 29.3 Å². The van der Waals surface area contributed by atoms with Crippen LogP contribution in [-0.4, -0.2) is 18.3 Å². The molecule has 2 aromatic rings. The molecule has 0 aromatic heterocycles. The van der Waals surface area contributed by atoms with Gasteiger partial charge in [-0.3, -0.25) is 9.59 Å². The Balaban J connectivity index is 1.89. The van der Waals surface area contributed by atoms with Crippen molar-refractivity contribution in [3.05, 3.63) is 59.7 Å². The van der Waals surface area contributed by atoms with Crippen LogP contribution in [-0.2, 0) is 10.2 Å². The third-order valence-electron chi connectivity index (χ3n) is 4.17. The highest BCUT2D eigenvalue weighted by Crippen LogP contribution is 2.24. The standard InChI is InChI=1S/C23H29NO3/c1-16(2)14-22(26)24-19-10-6-17(7-11-19)21(25)15-27-20-12-8-18(9-13-20)23(3,4)5/h6-13,16H,14-15H2,1-5H3,(H,24,26). The third kappa shape index (κ3) is 6.55. The zero-order chi connectivity index (χ0) is 20.0. The van der Waals surface area contributed by atoms with E-state index in [1.165, 1.54) is 5.56 Å². The van der Waals surface area contributed by atoms with E-state index in [9.17, 15) is 9.59 Å². The lowest BCUT2D eigenvalue weighted by molar-refractivity contribution is -0.116. The Morgan fingerprint density at radius 3 is 2.07 bits per heavy atom. The van der Waals surface area contributed by atoms with E-state index in [-0.39, 0.29) is 23.7 Å². The van der Waals surface area contributed by atoms with E-state index in [2.05, 4.69) is 26.1 Å². The van der Waals surface area contributed by atoms with Crippen LogP contribution in [0, 0.1) is 5.92 Å². The highest BCUT2D eigenvalue weighted by molar-refractivity contribution is 5.98. The summed E-state index contributed by atoms with van der Waals surface area (Å²) in [5, 5.41) is 2.83. The molecule has 0 saturated carbocycles. The Bertz CT molecular complexity index is 769. The molecule has 0 fully saturated rings. The van der Waals surface area contributed by atoms with Crippen LogP contribution in [0.15, 0.2) is 48.5 Å². The van der Waals surface area contributed by atoms with Crippen LogP contribution in [0.1, 0.15) is 57.0 Å². The molecule has 1 amide bonds. The monoisotopic (exact) mass is 367 g/mol. The molecule has 4 heteroatoms. The van der Waals surface area contributed by atoms with Gasteiger partial charge in [0.15, 0.2) is 12.4 Å². The van der Waals surface area contributed by atoms with Gasteiger partial charge in [-0.25, -0.2) is 0 Å². The highest BCUT2D eigenvalue weighted by Gasteiger charge is 2.13. The normalized spacial score (nSPS) is 11.3. The lowest BCUT2D eigenvalue weighted by Crippen LogP contribution is -2.15. The van der Waals surface area contributed by atoms with Crippen molar-refractivity contribution in [3.8, 4) is 5.75 Å². The number of ketones is 1. The summed E-state index contributed by atoms with van der Waals surface area (Å²) in [4.78, 5) is 24.1. The number of ether oxygens (including phenoxy) is 1. The van der Waals surface area contributed by atoms with Gasteiger partial charge in [0.25, 0.3) is 0 Å². The zero-order valence-electron chi connectivity index (χ0n) is 16.8. The summed E-state index contributed by atoms with van der Waals surface area (Å²) in [6.45, 7) is 10.4. The van der Waals surface area contributed by atoms with E-state index >= 15 is 0 Å². The summed E-state index contributed by atoms with van der Waals surface area (Å²) in [7, 11) is 0. The van der Waals surface area contributed by atoms with Crippen molar-refractivity contribution in [1.29, 1.82) is 0 Å². The molecule has 0 unspecified atom stereocenters. The molecule has 2 rings (SSSR count). The van der Waals surface area contributed by atoms with Crippen molar-refractivity contribution in [1.82, 2.24) is 0 Å². The van der Waals surface area contributed by atoms with Gasteiger partial charge in [0.1, 0.15) is 5.75 Å². The molecule has 4 nitrogen and oxygen atoms in total. The van der Waals surface area contributed by atoms with Crippen molar-refractivity contribution in [2.45, 2.75) is 46.5 Å². The van der Waals surface area contributed by atoms with Crippen LogP contribution in [0.4, 0.5) is 5.69 Å². The fraction of sp³-hybridized carbons (Fsp3) is 0.391. The van der Waals surface area contributed by atoms with Crippen LogP contribution >= 0.6 is 0 Å². The molecule has 2 aromatic carbocycles. The third-order valence-corrected chi connectivity index (χ3v) is 4.17. The Hall–Kier alpha value is -2.62. The Kier molecular flexibility index (Phi) is 6.78. The topological polar surface area (TPSA) is 55.4 Å². The predicted molar refractivity (Wildman–Crippen MR) is 109 cm³/mol. The van der Waals surface area contributed by atoms with Gasteiger partial charge < -0.3 is 10.1 Å². The van der Waals surface area contributed by atoms with Crippen LogP contribution in [0.3, 0.4) is 0 Å². The highest BCUT2D eigenvalue weighted by atomic mass is 16.5. The summed E-state index contributed by atoms with van der Waals surface area (Å²) >= 11 is 0. The maximum Gasteiger partial charge on any atom is 0.224 e. The SMILES string of the molecule is CC(C)CC(=O)Nc1ccc(C(=O)COc2ccc(C(C)(C)C)cc2)cc1. The van der Waals surface area contributed by atoms with Gasteiger partial charge in [0.2, 0.25) is 5.91 Å². The van der Waals surface area contributed by atoms with Crippen molar-refractivity contribution in [2.75, 3.05) is 11.9 Å². The minimum Gasteiger partial charge on any atom is -0.485 e. The minimum absolute atomic E-state index is 0.0199. The van der Waals surface area contributed by atoms with Gasteiger partial charge in [-0.05, 0) is 53.3 Å². The smallest absolute Gasteiger partial charge is 0.224 e. The molecule has 0 aliphatic rings. The lowest BCUT2D eigenvalue weighted by Gasteiger charge is -2.19. The lowest BCUT2D eigenvalue weighted by atomic mass is 9.87. The molecule has 0 heterocycles. The molecular weight excluding hydrogens is 338 g/mol.